The van der Waals surface area contributed by atoms with Gasteiger partial charge in [-0.1, -0.05) is 12.1 Å². The van der Waals surface area contributed by atoms with Crippen LogP contribution < -0.4 is 5.32 Å². The lowest BCUT2D eigenvalue weighted by atomic mass is 10.1. The van der Waals surface area contributed by atoms with E-state index in [0.717, 1.165) is 17.0 Å². The summed E-state index contributed by atoms with van der Waals surface area (Å²) in [7, 11) is 0. The molecule has 0 atom stereocenters. The Morgan fingerprint density at radius 2 is 2.14 bits per heavy atom. The van der Waals surface area contributed by atoms with Gasteiger partial charge in [-0.05, 0) is 25.1 Å². The maximum absolute atomic E-state index is 12.0. The summed E-state index contributed by atoms with van der Waals surface area (Å²) in [5, 5.41) is 9.90. The Kier molecular flexibility index (Phi) is 3.42. The number of carbonyl (C=O) groups excluding carboxylic acids is 1. The number of H-pyrrole nitrogens is 1. The molecular weight excluding hydrogens is 266 g/mol. The summed E-state index contributed by atoms with van der Waals surface area (Å²) in [4.78, 5) is 19.9. The van der Waals surface area contributed by atoms with Crippen LogP contribution in [-0.2, 0) is 0 Å². The molecule has 0 aliphatic carbocycles. The minimum absolute atomic E-state index is 0.276. The van der Waals surface area contributed by atoms with Crippen LogP contribution >= 0.6 is 0 Å². The zero-order chi connectivity index (χ0) is 14.7. The highest BCUT2D eigenvalue weighted by molar-refractivity contribution is 6.02. The third-order valence-corrected chi connectivity index (χ3v) is 2.92. The molecule has 0 fully saturated rings. The molecule has 0 radical (unpaired) electrons. The fourth-order valence-corrected chi connectivity index (χ4v) is 1.93. The number of anilines is 1. The van der Waals surface area contributed by atoms with Crippen LogP contribution in [0.25, 0.3) is 11.3 Å². The summed E-state index contributed by atoms with van der Waals surface area (Å²) in [5.41, 5.74) is 3.71. The molecular formula is C15H13N5O. The highest BCUT2D eigenvalue weighted by atomic mass is 16.1. The van der Waals surface area contributed by atoms with E-state index in [1.54, 1.807) is 0 Å². The molecule has 2 heterocycles. The monoisotopic (exact) mass is 279 g/mol. The zero-order valence-electron chi connectivity index (χ0n) is 11.4. The van der Waals surface area contributed by atoms with Crippen molar-refractivity contribution >= 4 is 11.6 Å². The highest BCUT2D eigenvalue weighted by Gasteiger charge is 2.08. The molecule has 1 amide bonds. The van der Waals surface area contributed by atoms with Crippen LogP contribution in [0.5, 0.6) is 0 Å². The van der Waals surface area contributed by atoms with Gasteiger partial charge in [0.2, 0.25) is 0 Å². The van der Waals surface area contributed by atoms with Gasteiger partial charge in [0.05, 0.1) is 11.9 Å². The molecule has 1 aromatic carbocycles. The van der Waals surface area contributed by atoms with E-state index in [4.69, 9.17) is 0 Å². The molecule has 3 rings (SSSR count). The van der Waals surface area contributed by atoms with Gasteiger partial charge < -0.3 is 5.32 Å². The predicted molar refractivity (Wildman–Crippen MR) is 78.7 cm³/mol. The Morgan fingerprint density at radius 1 is 1.24 bits per heavy atom. The first-order valence-electron chi connectivity index (χ1n) is 6.42. The number of aromatic amines is 1. The number of carbonyl (C=O) groups is 1. The van der Waals surface area contributed by atoms with Crippen LogP contribution in [0.2, 0.25) is 0 Å². The number of nitrogens with one attached hydrogen (secondary N) is 2. The fraction of sp³-hybridized carbons (Fsp3) is 0.0667. The van der Waals surface area contributed by atoms with Gasteiger partial charge in [0.1, 0.15) is 5.69 Å². The Morgan fingerprint density at radius 3 is 2.86 bits per heavy atom. The Labute approximate surface area is 121 Å². The van der Waals surface area contributed by atoms with Crippen molar-refractivity contribution in [2.24, 2.45) is 0 Å². The quantitative estimate of drug-likeness (QED) is 0.771. The molecule has 2 N–H and O–H groups in total. The van der Waals surface area contributed by atoms with E-state index in [0.29, 0.717) is 5.69 Å². The van der Waals surface area contributed by atoms with Gasteiger partial charge in [0, 0.05) is 29.3 Å². The third-order valence-electron chi connectivity index (χ3n) is 2.92. The number of nitrogens with zero attached hydrogens (tertiary/aromatic N) is 3. The van der Waals surface area contributed by atoms with Crippen molar-refractivity contribution in [3.63, 3.8) is 0 Å². The van der Waals surface area contributed by atoms with Gasteiger partial charge in [-0.2, -0.15) is 5.10 Å². The summed E-state index contributed by atoms with van der Waals surface area (Å²) < 4.78 is 0. The first kappa shape index (κ1) is 13.0. The van der Waals surface area contributed by atoms with E-state index >= 15 is 0 Å². The minimum Gasteiger partial charge on any atom is -0.321 e. The van der Waals surface area contributed by atoms with Crippen LogP contribution in [0.4, 0.5) is 5.69 Å². The zero-order valence-corrected chi connectivity index (χ0v) is 11.4. The summed E-state index contributed by atoms with van der Waals surface area (Å²) in [6.07, 6.45) is 4.44. The third kappa shape index (κ3) is 2.94. The molecule has 0 spiro atoms. The molecule has 0 saturated heterocycles. The first-order chi connectivity index (χ1) is 10.2. The number of aromatic nitrogens is 4. The number of hydrogen-bond acceptors (Lipinski definition) is 4. The summed E-state index contributed by atoms with van der Waals surface area (Å²) in [5.74, 6) is -0.293. The second kappa shape index (κ2) is 5.54. The molecule has 0 saturated carbocycles. The summed E-state index contributed by atoms with van der Waals surface area (Å²) >= 11 is 0. The second-order valence-electron chi connectivity index (χ2n) is 4.56. The fourth-order valence-electron chi connectivity index (χ4n) is 1.93. The van der Waals surface area contributed by atoms with Crippen molar-refractivity contribution in [1.29, 1.82) is 0 Å². The number of aryl methyl sites for hydroxylation is 1. The molecule has 6 nitrogen and oxygen atoms in total. The Balaban J connectivity index is 1.82. The number of rotatable bonds is 3. The topological polar surface area (TPSA) is 83.6 Å². The van der Waals surface area contributed by atoms with Crippen LogP contribution in [0.3, 0.4) is 0 Å². The van der Waals surface area contributed by atoms with Crippen molar-refractivity contribution in [2.45, 2.75) is 6.92 Å². The van der Waals surface area contributed by atoms with Crippen molar-refractivity contribution < 1.29 is 4.79 Å². The standard InChI is InChI=1S/C15H13N5O/c1-10-7-13(20-19-10)11-3-2-4-12(8-11)18-15(21)14-9-16-5-6-17-14/h2-9H,1H3,(H,18,21)(H,19,20). The van der Waals surface area contributed by atoms with E-state index in [1.165, 1.54) is 18.6 Å². The lowest BCUT2D eigenvalue weighted by Gasteiger charge is -2.05. The largest absolute Gasteiger partial charge is 0.321 e. The number of benzene rings is 1. The van der Waals surface area contributed by atoms with E-state index in [2.05, 4.69) is 25.5 Å². The molecule has 0 unspecified atom stereocenters. The van der Waals surface area contributed by atoms with Crippen molar-refractivity contribution in [2.75, 3.05) is 5.32 Å². The lowest BCUT2D eigenvalue weighted by molar-refractivity contribution is 0.102. The van der Waals surface area contributed by atoms with Crippen LogP contribution in [0.1, 0.15) is 16.2 Å². The van der Waals surface area contributed by atoms with Gasteiger partial charge in [-0.15, -0.1) is 0 Å². The van der Waals surface area contributed by atoms with Gasteiger partial charge in [-0.3, -0.25) is 14.9 Å². The molecule has 2 aromatic heterocycles. The molecule has 3 aromatic rings. The van der Waals surface area contributed by atoms with Crippen LogP contribution in [0, 0.1) is 6.92 Å². The van der Waals surface area contributed by atoms with Gasteiger partial charge >= 0.3 is 0 Å². The first-order valence-corrected chi connectivity index (χ1v) is 6.42. The Bertz CT molecular complexity index is 766. The van der Waals surface area contributed by atoms with Crippen LogP contribution in [0.15, 0.2) is 48.9 Å². The van der Waals surface area contributed by atoms with Crippen molar-refractivity contribution in [3.8, 4) is 11.3 Å². The average Bonchev–Trinajstić information content (AvgIpc) is 2.95. The van der Waals surface area contributed by atoms with E-state index in [9.17, 15) is 4.79 Å². The Hall–Kier alpha value is -3.02. The smallest absolute Gasteiger partial charge is 0.275 e. The molecule has 0 aliphatic heterocycles. The van der Waals surface area contributed by atoms with E-state index < -0.39 is 0 Å². The molecule has 104 valence electrons. The van der Waals surface area contributed by atoms with E-state index in [-0.39, 0.29) is 11.6 Å². The van der Waals surface area contributed by atoms with Gasteiger partial charge in [-0.25, -0.2) is 4.98 Å². The van der Waals surface area contributed by atoms with E-state index in [1.807, 2.05) is 37.3 Å². The highest BCUT2D eigenvalue weighted by Crippen LogP contribution is 2.21. The summed E-state index contributed by atoms with van der Waals surface area (Å²) in [6.45, 7) is 1.94. The SMILES string of the molecule is Cc1cc(-c2cccc(NC(=O)c3cnccn3)c2)n[nH]1. The van der Waals surface area contributed by atoms with Crippen LogP contribution in [-0.4, -0.2) is 26.1 Å². The average molecular weight is 279 g/mol. The predicted octanol–water partition coefficient (Wildman–Crippen LogP) is 2.43. The summed E-state index contributed by atoms with van der Waals surface area (Å²) in [6, 6.07) is 9.43. The van der Waals surface area contributed by atoms with Crippen molar-refractivity contribution in [1.82, 2.24) is 20.2 Å². The maximum Gasteiger partial charge on any atom is 0.275 e. The van der Waals surface area contributed by atoms with Gasteiger partial charge in [0.15, 0.2) is 0 Å². The minimum atomic E-state index is -0.293. The molecule has 21 heavy (non-hydrogen) atoms. The second-order valence-corrected chi connectivity index (χ2v) is 4.56. The van der Waals surface area contributed by atoms with Crippen molar-refractivity contribution in [3.05, 3.63) is 60.3 Å². The lowest BCUT2D eigenvalue weighted by Crippen LogP contribution is -2.13. The molecule has 0 bridgehead atoms. The number of amides is 1. The normalized spacial score (nSPS) is 10.3. The number of hydrogen-bond donors (Lipinski definition) is 2. The molecule has 6 heteroatoms. The maximum atomic E-state index is 12.0. The van der Waals surface area contributed by atoms with Gasteiger partial charge in [0.25, 0.3) is 5.91 Å². The molecule has 0 aliphatic rings.